The van der Waals surface area contributed by atoms with Crippen molar-refractivity contribution in [3.8, 4) is 0 Å². The van der Waals surface area contributed by atoms with E-state index in [1.807, 2.05) is 17.9 Å². The Morgan fingerprint density at radius 1 is 1.59 bits per heavy atom. The molecular weight excluding hydrogens is 214 g/mol. The molecule has 0 amide bonds. The third kappa shape index (κ3) is 3.54. The van der Waals surface area contributed by atoms with Crippen LogP contribution in [0.15, 0.2) is 12.4 Å². The van der Waals surface area contributed by atoms with Crippen molar-refractivity contribution in [1.82, 2.24) is 15.1 Å². The minimum Gasteiger partial charge on any atom is -0.378 e. The Balaban J connectivity index is 1.96. The van der Waals surface area contributed by atoms with E-state index in [4.69, 9.17) is 4.74 Å². The van der Waals surface area contributed by atoms with Crippen molar-refractivity contribution >= 4 is 0 Å². The fourth-order valence-electron chi connectivity index (χ4n) is 2.46. The largest absolute Gasteiger partial charge is 0.378 e. The molecule has 0 aromatic carbocycles. The average molecular weight is 237 g/mol. The van der Waals surface area contributed by atoms with Gasteiger partial charge in [0.2, 0.25) is 0 Å². The summed E-state index contributed by atoms with van der Waals surface area (Å²) in [5.41, 5.74) is 1.27. The van der Waals surface area contributed by atoms with Gasteiger partial charge in [-0.2, -0.15) is 5.10 Å². The minimum absolute atomic E-state index is 0.372. The van der Waals surface area contributed by atoms with Crippen molar-refractivity contribution in [3.63, 3.8) is 0 Å². The van der Waals surface area contributed by atoms with Gasteiger partial charge in [0.25, 0.3) is 0 Å². The second kappa shape index (κ2) is 6.17. The molecule has 96 valence electrons. The molecule has 2 unspecified atom stereocenters. The van der Waals surface area contributed by atoms with Gasteiger partial charge >= 0.3 is 0 Å². The van der Waals surface area contributed by atoms with Crippen LogP contribution in [-0.2, 0) is 11.8 Å². The van der Waals surface area contributed by atoms with Gasteiger partial charge in [-0.05, 0) is 32.2 Å². The van der Waals surface area contributed by atoms with E-state index in [1.165, 1.54) is 24.8 Å². The number of aryl methyl sites for hydroxylation is 1. The van der Waals surface area contributed by atoms with Crippen molar-refractivity contribution in [2.75, 3.05) is 13.2 Å². The summed E-state index contributed by atoms with van der Waals surface area (Å²) in [7, 11) is 1.96. The molecule has 0 spiro atoms. The SMILES string of the molecule is CCNC(CC1CCCCO1)c1cnn(C)c1. The summed E-state index contributed by atoms with van der Waals surface area (Å²) in [5, 5.41) is 7.77. The molecule has 4 heteroatoms. The lowest BCUT2D eigenvalue weighted by Crippen LogP contribution is -2.28. The van der Waals surface area contributed by atoms with Crippen molar-refractivity contribution in [3.05, 3.63) is 18.0 Å². The number of hydrogen-bond acceptors (Lipinski definition) is 3. The van der Waals surface area contributed by atoms with Gasteiger partial charge in [-0.3, -0.25) is 4.68 Å². The summed E-state index contributed by atoms with van der Waals surface area (Å²) < 4.78 is 7.68. The maximum atomic E-state index is 5.82. The first-order valence-electron chi connectivity index (χ1n) is 6.63. The molecule has 2 rings (SSSR count). The highest BCUT2D eigenvalue weighted by Gasteiger charge is 2.21. The molecule has 17 heavy (non-hydrogen) atoms. The summed E-state index contributed by atoms with van der Waals surface area (Å²) in [5.74, 6) is 0. The lowest BCUT2D eigenvalue weighted by atomic mass is 9.98. The zero-order chi connectivity index (χ0) is 12.1. The van der Waals surface area contributed by atoms with Crippen LogP contribution in [0.4, 0.5) is 0 Å². The lowest BCUT2D eigenvalue weighted by Gasteiger charge is -2.27. The first-order valence-corrected chi connectivity index (χ1v) is 6.63. The number of nitrogens with zero attached hydrogens (tertiary/aromatic N) is 2. The predicted molar refractivity (Wildman–Crippen MR) is 67.8 cm³/mol. The summed E-state index contributed by atoms with van der Waals surface area (Å²) in [6, 6.07) is 0.372. The molecular formula is C13H23N3O. The molecule has 2 atom stereocenters. The molecule has 0 radical (unpaired) electrons. The van der Waals surface area contributed by atoms with Crippen LogP contribution < -0.4 is 5.32 Å². The number of nitrogens with one attached hydrogen (secondary N) is 1. The van der Waals surface area contributed by atoms with Crippen molar-refractivity contribution in [1.29, 1.82) is 0 Å². The molecule has 1 fully saturated rings. The van der Waals surface area contributed by atoms with Crippen molar-refractivity contribution in [2.45, 2.75) is 44.8 Å². The van der Waals surface area contributed by atoms with E-state index in [1.54, 1.807) is 0 Å². The van der Waals surface area contributed by atoms with Crippen LogP contribution >= 0.6 is 0 Å². The number of ether oxygens (including phenoxy) is 1. The molecule has 0 saturated carbocycles. The molecule has 1 N–H and O–H groups in total. The first-order chi connectivity index (χ1) is 8.29. The van der Waals surface area contributed by atoms with Crippen LogP contribution in [0.1, 0.15) is 44.2 Å². The molecule has 1 aliphatic heterocycles. The number of aromatic nitrogens is 2. The van der Waals surface area contributed by atoms with Crippen LogP contribution in [0.25, 0.3) is 0 Å². The van der Waals surface area contributed by atoms with E-state index in [9.17, 15) is 0 Å². The average Bonchev–Trinajstić information content (AvgIpc) is 2.77. The van der Waals surface area contributed by atoms with E-state index in [0.29, 0.717) is 12.1 Å². The smallest absolute Gasteiger partial charge is 0.0593 e. The maximum absolute atomic E-state index is 5.82. The van der Waals surface area contributed by atoms with Gasteiger partial charge < -0.3 is 10.1 Å². The lowest BCUT2D eigenvalue weighted by molar-refractivity contribution is 0.00513. The van der Waals surface area contributed by atoms with Gasteiger partial charge in [-0.1, -0.05) is 6.92 Å². The Morgan fingerprint density at radius 3 is 3.06 bits per heavy atom. The first kappa shape index (κ1) is 12.6. The highest BCUT2D eigenvalue weighted by Crippen LogP contribution is 2.24. The second-order valence-corrected chi connectivity index (χ2v) is 4.78. The highest BCUT2D eigenvalue weighted by molar-refractivity contribution is 5.10. The summed E-state index contributed by atoms with van der Waals surface area (Å²) in [6.07, 6.45) is 9.23. The standard InChI is InChI=1S/C13H23N3O/c1-3-14-13(11-9-15-16(2)10-11)8-12-6-4-5-7-17-12/h9-10,12-14H,3-8H2,1-2H3. The quantitative estimate of drug-likeness (QED) is 0.851. The van der Waals surface area contributed by atoms with Gasteiger partial charge in [0.15, 0.2) is 0 Å². The monoisotopic (exact) mass is 237 g/mol. The van der Waals surface area contributed by atoms with Crippen LogP contribution in [-0.4, -0.2) is 29.0 Å². The Kier molecular flexibility index (Phi) is 4.57. The summed E-state index contributed by atoms with van der Waals surface area (Å²) in [4.78, 5) is 0. The van der Waals surface area contributed by atoms with Gasteiger partial charge in [-0.15, -0.1) is 0 Å². The Hall–Kier alpha value is -0.870. The fourth-order valence-corrected chi connectivity index (χ4v) is 2.46. The van der Waals surface area contributed by atoms with E-state index < -0.39 is 0 Å². The molecule has 1 saturated heterocycles. The second-order valence-electron chi connectivity index (χ2n) is 4.78. The maximum Gasteiger partial charge on any atom is 0.0593 e. The van der Waals surface area contributed by atoms with Gasteiger partial charge in [0, 0.05) is 31.5 Å². The van der Waals surface area contributed by atoms with Gasteiger partial charge in [-0.25, -0.2) is 0 Å². The van der Waals surface area contributed by atoms with Gasteiger partial charge in [0.1, 0.15) is 0 Å². The summed E-state index contributed by atoms with van der Waals surface area (Å²) >= 11 is 0. The van der Waals surface area contributed by atoms with Crippen molar-refractivity contribution in [2.24, 2.45) is 7.05 Å². The Bertz CT molecular complexity index is 331. The van der Waals surface area contributed by atoms with E-state index >= 15 is 0 Å². The zero-order valence-electron chi connectivity index (χ0n) is 10.9. The molecule has 1 aromatic rings. The molecule has 4 nitrogen and oxygen atoms in total. The number of rotatable bonds is 5. The van der Waals surface area contributed by atoms with E-state index in [0.717, 1.165) is 19.6 Å². The third-order valence-electron chi connectivity index (χ3n) is 3.35. The molecule has 1 aliphatic rings. The van der Waals surface area contributed by atoms with E-state index in [-0.39, 0.29) is 0 Å². The third-order valence-corrected chi connectivity index (χ3v) is 3.35. The van der Waals surface area contributed by atoms with E-state index in [2.05, 4.69) is 23.5 Å². The predicted octanol–water partition coefficient (Wildman–Crippen LogP) is 2.03. The Morgan fingerprint density at radius 2 is 2.47 bits per heavy atom. The van der Waals surface area contributed by atoms with Crippen LogP contribution in [0.3, 0.4) is 0 Å². The Labute approximate surface area is 103 Å². The highest BCUT2D eigenvalue weighted by atomic mass is 16.5. The molecule has 2 heterocycles. The van der Waals surface area contributed by atoms with Crippen LogP contribution in [0.2, 0.25) is 0 Å². The number of hydrogen-bond donors (Lipinski definition) is 1. The molecule has 1 aromatic heterocycles. The summed E-state index contributed by atoms with van der Waals surface area (Å²) in [6.45, 7) is 4.05. The fraction of sp³-hybridized carbons (Fsp3) is 0.769. The zero-order valence-corrected chi connectivity index (χ0v) is 10.9. The topological polar surface area (TPSA) is 39.1 Å². The van der Waals surface area contributed by atoms with Gasteiger partial charge in [0.05, 0.1) is 12.3 Å². The van der Waals surface area contributed by atoms with Crippen molar-refractivity contribution < 1.29 is 4.74 Å². The van der Waals surface area contributed by atoms with Crippen LogP contribution in [0, 0.1) is 0 Å². The van der Waals surface area contributed by atoms with Crippen LogP contribution in [0.5, 0.6) is 0 Å². The molecule has 0 bridgehead atoms. The minimum atomic E-state index is 0.372. The molecule has 0 aliphatic carbocycles. The normalized spacial score (nSPS) is 22.6.